The van der Waals surface area contributed by atoms with Crippen molar-refractivity contribution in [1.29, 1.82) is 0 Å². The lowest BCUT2D eigenvalue weighted by molar-refractivity contribution is -0.343. The van der Waals surface area contributed by atoms with Gasteiger partial charge >= 0.3 is 18.0 Å². The van der Waals surface area contributed by atoms with Crippen molar-refractivity contribution in [2.45, 2.75) is 32.1 Å². The van der Waals surface area contributed by atoms with E-state index in [4.69, 9.17) is 0 Å². The molecule has 0 radical (unpaired) electrons. The number of carbonyl (C=O) groups excluding carboxylic acids is 1. The molecule has 0 bridgehead atoms. The predicted molar refractivity (Wildman–Crippen MR) is 41.4 cm³/mol. The zero-order valence-corrected chi connectivity index (χ0v) is 7.99. The van der Waals surface area contributed by atoms with Crippen LogP contribution in [0.4, 0.5) is 22.0 Å². The smallest absolute Gasteiger partial charge is 0.393 e. The van der Waals surface area contributed by atoms with E-state index in [0.717, 1.165) is 6.92 Å². The summed E-state index contributed by atoms with van der Waals surface area (Å²) in [5, 5.41) is 0. The van der Waals surface area contributed by atoms with E-state index < -0.39 is 29.7 Å². The first kappa shape index (κ1) is 13.9. The van der Waals surface area contributed by atoms with Gasteiger partial charge in [0.2, 0.25) is 0 Å². The topological polar surface area (TPSA) is 26.3 Å². The number of halogens is 5. The fourth-order valence-corrected chi connectivity index (χ4v) is 0.503. The highest BCUT2D eigenvalue weighted by Crippen LogP contribution is 2.39. The van der Waals surface area contributed by atoms with Gasteiger partial charge in [0.25, 0.3) is 0 Å². The quantitative estimate of drug-likeness (QED) is 0.423. The third kappa shape index (κ3) is 2.90. The second kappa shape index (κ2) is 4.16. The third-order valence-corrected chi connectivity index (χ3v) is 1.46. The van der Waals surface area contributed by atoms with Gasteiger partial charge in [-0.15, -0.1) is 0 Å². The van der Waals surface area contributed by atoms with Crippen molar-refractivity contribution in [1.82, 2.24) is 0 Å². The van der Waals surface area contributed by atoms with Crippen LogP contribution in [0.25, 0.3) is 0 Å². The van der Waals surface area contributed by atoms with E-state index in [1.165, 1.54) is 0 Å². The molecule has 0 aliphatic carbocycles. The molecule has 0 aromatic carbocycles. The normalized spacial score (nSPS) is 14.6. The lowest BCUT2D eigenvalue weighted by atomic mass is 10.2. The highest BCUT2D eigenvalue weighted by atomic mass is 19.3. The van der Waals surface area contributed by atoms with Gasteiger partial charge in [-0.2, -0.15) is 17.6 Å². The molecule has 0 aromatic heterocycles. The van der Waals surface area contributed by atoms with Crippen molar-refractivity contribution in [2.24, 2.45) is 0 Å². The van der Waals surface area contributed by atoms with Gasteiger partial charge in [-0.3, -0.25) is 0 Å². The summed E-state index contributed by atoms with van der Waals surface area (Å²) in [4.78, 5) is 10.6. The minimum atomic E-state index is -5.20. The lowest BCUT2D eigenvalue weighted by Gasteiger charge is -2.26. The second-order valence-corrected chi connectivity index (χ2v) is 2.93. The molecule has 7 heteroatoms. The summed E-state index contributed by atoms with van der Waals surface area (Å²) >= 11 is 0. The number of hydrogen-bond donors (Lipinski definition) is 0. The molecule has 88 valence electrons. The molecule has 0 saturated heterocycles. The Hall–Kier alpha value is -1.14. The average molecular weight is 232 g/mol. The maximum absolute atomic E-state index is 12.6. The van der Waals surface area contributed by atoms with Crippen LogP contribution in [0.5, 0.6) is 0 Å². The first-order valence-electron chi connectivity index (χ1n) is 3.81. The highest BCUT2D eigenvalue weighted by Gasteiger charge is 2.64. The summed E-state index contributed by atoms with van der Waals surface area (Å²) in [6.07, 6.45) is -8.34. The monoisotopic (exact) mass is 232 g/mol. The maximum atomic E-state index is 12.6. The summed E-state index contributed by atoms with van der Waals surface area (Å²) in [7, 11) is 0. The number of carbonyl (C=O) groups is 1. The van der Waals surface area contributed by atoms with E-state index in [-0.39, 0.29) is 6.92 Å². The Morgan fingerprint density at radius 1 is 1.33 bits per heavy atom. The molecule has 2 nitrogen and oxygen atoms in total. The van der Waals surface area contributed by atoms with Crippen molar-refractivity contribution in [3.05, 3.63) is 12.2 Å². The van der Waals surface area contributed by atoms with Gasteiger partial charge in [0.15, 0.2) is 6.17 Å². The highest BCUT2D eigenvalue weighted by molar-refractivity contribution is 5.87. The minimum absolute atomic E-state index is 0.239. The van der Waals surface area contributed by atoms with Gasteiger partial charge in [0, 0.05) is 5.57 Å². The molecule has 0 N–H and O–H groups in total. The van der Waals surface area contributed by atoms with E-state index in [2.05, 4.69) is 11.3 Å². The molecule has 0 spiro atoms. The Morgan fingerprint density at radius 2 is 1.73 bits per heavy atom. The Labute approximate surface area is 82.7 Å². The largest absolute Gasteiger partial charge is 0.469 e. The van der Waals surface area contributed by atoms with Crippen LogP contribution >= 0.6 is 0 Å². The minimum Gasteiger partial charge on any atom is -0.393 e. The Balaban J connectivity index is 4.83. The fourth-order valence-electron chi connectivity index (χ4n) is 0.503. The van der Waals surface area contributed by atoms with Gasteiger partial charge in [-0.25, -0.2) is 9.18 Å². The van der Waals surface area contributed by atoms with Crippen molar-refractivity contribution < 1.29 is 31.5 Å². The summed E-state index contributed by atoms with van der Waals surface area (Å²) in [6.45, 7) is 4.15. The van der Waals surface area contributed by atoms with E-state index in [0.29, 0.717) is 0 Å². The van der Waals surface area contributed by atoms with Crippen LogP contribution in [0, 0.1) is 0 Å². The number of rotatable bonds is 4. The third-order valence-electron chi connectivity index (χ3n) is 1.46. The van der Waals surface area contributed by atoms with Gasteiger partial charge in [0.05, 0.1) is 0 Å². The SMILES string of the molecule is C=C(C)C(=O)OC(F)(F)C(F)(F)C(C)F. The summed E-state index contributed by atoms with van der Waals surface area (Å²) in [5.74, 6) is -6.78. The predicted octanol–water partition coefficient (Wildman–Crippen LogP) is 2.69. The van der Waals surface area contributed by atoms with Crippen LogP contribution in [0.1, 0.15) is 13.8 Å². The zero-order chi connectivity index (χ0) is 12.4. The maximum Gasteiger partial charge on any atom is 0.469 e. The average Bonchev–Trinajstić information content (AvgIpc) is 2.02. The standard InChI is InChI=1S/C8H9F5O2/c1-4(2)6(14)15-8(12,13)7(10,11)5(3)9/h5H,1H2,2-3H3. The van der Waals surface area contributed by atoms with Gasteiger partial charge in [0.1, 0.15) is 0 Å². The molecule has 15 heavy (non-hydrogen) atoms. The van der Waals surface area contributed by atoms with Gasteiger partial charge in [-0.05, 0) is 13.8 Å². The Morgan fingerprint density at radius 3 is 2.00 bits per heavy atom. The first-order chi connectivity index (χ1) is 6.52. The fraction of sp³-hybridized carbons (Fsp3) is 0.625. The number of esters is 1. The Bertz CT molecular complexity index is 272. The molecule has 0 amide bonds. The second-order valence-electron chi connectivity index (χ2n) is 2.93. The van der Waals surface area contributed by atoms with Crippen LogP contribution in [0.3, 0.4) is 0 Å². The molecule has 0 aromatic rings. The summed E-state index contributed by atoms with van der Waals surface area (Å²) in [6, 6.07) is 0. The number of hydrogen-bond acceptors (Lipinski definition) is 2. The molecule has 0 aliphatic rings. The molecular formula is C8H9F5O2. The van der Waals surface area contributed by atoms with E-state index in [1.54, 1.807) is 0 Å². The van der Waals surface area contributed by atoms with Crippen molar-refractivity contribution in [3.63, 3.8) is 0 Å². The van der Waals surface area contributed by atoms with E-state index >= 15 is 0 Å². The molecule has 0 fully saturated rings. The van der Waals surface area contributed by atoms with Crippen LogP contribution in [0.2, 0.25) is 0 Å². The van der Waals surface area contributed by atoms with E-state index in [1.807, 2.05) is 0 Å². The van der Waals surface area contributed by atoms with Crippen molar-refractivity contribution in [3.8, 4) is 0 Å². The molecule has 1 unspecified atom stereocenters. The van der Waals surface area contributed by atoms with Crippen LogP contribution < -0.4 is 0 Å². The van der Waals surface area contributed by atoms with Crippen molar-refractivity contribution in [2.75, 3.05) is 0 Å². The van der Waals surface area contributed by atoms with Crippen molar-refractivity contribution >= 4 is 5.97 Å². The molecule has 0 aliphatic heterocycles. The molecule has 0 rings (SSSR count). The van der Waals surface area contributed by atoms with Gasteiger partial charge < -0.3 is 4.74 Å². The molecule has 1 atom stereocenters. The zero-order valence-electron chi connectivity index (χ0n) is 7.99. The first-order valence-corrected chi connectivity index (χ1v) is 3.81. The Kier molecular flexibility index (Phi) is 3.84. The van der Waals surface area contributed by atoms with Gasteiger partial charge in [-0.1, -0.05) is 6.58 Å². The molecule has 0 heterocycles. The summed E-state index contributed by atoms with van der Waals surface area (Å²) < 4.78 is 65.6. The summed E-state index contributed by atoms with van der Waals surface area (Å²) in [5.41, 5.74) is -0.489. The number of alkyl halides is 5. The lowest BCUT2D eigenvalue weighted by Crippen LogP contribution is -2.49. The van der Waals surface area contributed by atoms with Crippen LogP contribution in [0.15, 0.2) is 12.2 Å². The number of ether oxygens (including phenoxy) is 1. The molecular weight excluding hydrogens is 223 g/mol. The van der Waals surface area contributed by atoms with E-state index in [9.17, 15) is 26.7 Å². The van der Waals surface area contributed by atoms with Crippen LogP contribution in [-0.2, 0) is 9.53 Å². The molecule has 0 saturated carbocycles. The van der Waals surface area contributed by atoms with Crippen LogP contribution in [-0.4, -0.2) is 24.2 Å².